The summed E-state index contributed by atoms with van der Waals surface area (Å²) < 4.78 is 5.09. The Morgan fingerprint density at radius 2 is 2.10 bits per heavy atom. The van der Waals surface area contributed by atoms with Crippen molar-refractivity contribution in [3.05, 3.63) is 65.4 Å². The minimum atomic E-state index is -0.559. The molecule has 1 aromatic rings. The number of aromatic nitrogens is 2. The van der Waals surface area contributed by atoms with Gasteiger partial charge in [-0.2, -0.15) is 0 Å². The molecule has 1 rings (SSSR count). The minimum Gasteiger partial charge on any atom is -0.448 e. The summed E-state index contributed by atoms with van der Waals surface area (Å²) in [5, 5.41) is 2.59. The largest absolute Gasteiger partial charge is 0.448 e. The highest BCUT2D eigenvalue weighted by Crippen LogP contribution is 2.07. The second-order valence-corrected chi connectivity index (χ2v) is 4.68. The summed E-state index contributed by atoms with van der Waals surface area (Å²) >= 11 is 3.16. The van der Waals surface area contributed by atoms with Crippen molar-refractivity contribution in [2.45, 2.75) is 0 Å². The van der Waals surface area contributed by atoms with Gasteiger partial charge in [0.05, 0.1) is 21.2 Å². The molecule has 1 unspecified atom stereocenters. The number of carbonyl (C=O) groups is 2. The highest BCUT2D eigenvalue weighted by Gasteiger charge is 2.10. The molecule has 8 heteroatoms. The van der Waals surface area contributed by atoms with Gasteiger partial charge in [0.2, 0.25) is 0 Å². The molecule has 21 heavy (non-hydrogen) atoms. The van der Waals surface area contributed by atoms with Gasteiger partial charge in [0, 0.05) is 5.70 Å². The Bertz CT molecular complexity index is 634. The van der Waals surface area contributed by atoms with Gasteiger partial charge in [0.1, 0.15) is 4.60 Å². The van der Waals surface area contributed by atoms with Crippen LogP contribution in [0.5, 0.6) is 0 Å². The first kappa shape index (κ1) is 17.1. The second-order valence-electron chi connectivity index (χ2n) is 3.59. The molecular formula is C13H13BrN3O3P. The number of allylic oxidation sites excluding steroid dienone is 3. The van der Waals surface area contributed by atoms with E-state index in [0.717, 1.165) is 0 Å². The van der Waals surface area contributed by atoms with E-state index in [0.29, 0.717) is 10.3 Å². The van der Waals surface area contributed by atoms with Gasteiger partial charge in [0.15, 0.2) is 5.82 Å². The molecule has 0 aliphatic carbocycles. The zero-order chi connectivity index (χ0) is 15.8. The van der Waals surface area contributed by atoms with Gasteiger partial charge in [-0.05, 0) is 34.2 Å². The van der Waals surface area contributed by atoms with Crippen LogP contribution in [0.3, 0.4) is 0 Å². The van der Waals surface area contributed by atoms with E-state index in [-0.39, 0.29) is 11.4 Å². The number of hydrogen-bond donors (Lipinski definition) is 2. The maximum atomic E-state index is 11.9. The highest BCUT2D eigenvalue weighted by molar-refractivity contribution is 9.10. The van der Waals surface area contributed by atoms with Crippen LogP contribution in [0, 0.1) is 0 Å². The van der Waals surface area contributed by atoms with Gasteiger partial charge in [-0.15, -0.1) is 0 Å². The van der Waals surface area contributed by atoms with Gasteiger partial charge >= 0.3 is 5.97 Å². The Hall–Kier alpha value is -1.98. The Labute approximate surface area is 132 Å². The lowest BCUT2D eigenvalue weighted by Crippen LogP contribution is -2.23. The molecule has 110 valence electrons. The van der Waals surface area contributed by atoms with Gasteiger partial charge < -0.3 is 14.8 Å². The number of hydrogen-bond acceptors (Lipinski definition) is 4. The minimum absolute atomic E-state index is 0.145. The van der Waals surface area contributed by atoms with Gasteiger partial charge in [-0.25, -0.2) is 9.78 Å². The number of halogens is 1. The van der Waals surface area contributed by atoms with Crippen LogP contribution in [0.4, 0.5) is 0 Å². The topological polar surface area (TPSA) is 84.1 Å². The summed E-state index contributed by atoms with van der Waals surface area (Å²) in [6.07, 6.45) is 7.20. The molecule has 6 nitrogen and oxygen atoms in total. The van der Waals surface area contributed by atoms with Crippen LogP contribution in [-0.4, -0.2) is 21.8 Å². The van der Waals surface area contributed by atoms with Crippen LogP contribution in [0.1, 0.15) is 10.6 Å². The third-order valence-electron chi connectivity index (χ3n) is 2.24. The van der Waals surface area contributed by atoms with E-state index in [1.807, 2.05) is 9.47 Å². The predicted molar refractivity (Wildman–Crippen MR) is 86.1 cm³/mol. The summed E-state index contributed by atoms with van der Waals surface area (Å²) in [4.78, 5) is 29.8. The Morgan fingerprint density at radius 1 is 1.38 bits per heavy atom. The molecule has 0 saturated heterocycles. The third kappa shape index (κ3) is 5.13. The molecule has 1 amide bonds. The number of carbonyl (C=O) groups excluding carboxylic acids is 2. The molecule has 2 N–H and O–H groups in total. The molecule has 0 bridgehead atoms. The lowest BCUT2D eigenvalue weighted by Gasteiger charge is -2.03. The first-order valence-electron chi connectivity index (χ1n) is 5.61. The molecule has 0 radical (unpaired) electrons. The van der Waals surface area contributed by atoms with Gasteiger partial charge in [0.25, 0.3) is 5.91 Å². The van der Waals surface area contributed by atoms with E-state index in [4.69, 9.17) is 0 Å². The lowest BCUT2D eigenvalue weighted by atomic mass is 10.2. The van der Waals surface area contributed by atoms with E-state index in [1.54, 1.807) is 0 Å². The molecule has 0 aliphatic heterocycles. The summed E-state index contributed by atoms with van der Waals surface area (Å²) in [6, 6.07) is 0. The molecule has 0 aliphatic rings. The van der Waals surface area contributed by atoms with Gasteiger partial charge in [-0.1, -0.05) is 19.2 Å². The Kier molecular flexibility index (Phi) is 6.78. The zero-order valence-electron chi connectivity index (χ0n) is 10.9. The Morgan fingerprint density at radius 3 is 2.57 bits per heavy atom. The molecule has 0 saturated carbocycles. The number of amides is 1. The average Bonchev–Trinajstić information content (AvgIpc) is 2.92. The van der Waals surface area contributed by atoms with Crippen molar-refractivity contribution in [1.82, 2.24) is 15.3 Å². The van der Waals surface area contributed by atoms with Crippen LogP contribution in [0.15, 0.2) is 59.5 Å². The Balaban J connectivity index is 2.87. The van der Waals surface area contributed by atoms with Crippen LogP contribution in [-0.2, 0) is 9.32 Å². The monoisotopic (exact) mass is 369 g/mol. The van der Waals surface area contributed by atoms with Crippen molar-refractivity contribution >= 4 is 37.3 Å². The van der Waals surface area contributed by atoms with Crippen molar-refractivity contribution in [2.24, 2.45) is 0 Å². The molecule has 0 fully saturated rings. The first-order valence-corrected chi connectivity index (χ1v) is 6.88. The smallest absolute Gasteiger partial charge is 0.340 e. The van der Waals surface area contributed by atoms with Crippen LogP contribution >= 0.6 is 25.4 Å². The fourth-order valence-electron chi connectivity index (χ4n) is 1.23. The van der Waals surface area contributed by atoms with E-state index in [1.165, 1.54) is 30.5 Å². The maximum absolute atomic E-state index is 11.9. The van der Waals surface area contributed by atoms with Crippen molar-refractivity contribution < 1.29 is 14.1 Å². The van der Waals surface area contributed by atoms with E-state index >= 15 is 0 Å². The zero-order valence-corrected chi connectivity index (χ0v) is 13.7. The SMILES string of the molecule is C=C/C(=C\C=C(/C=C)C(=O)OP)NC(=O)c1ncc(Br)[nH]1. The summed E-state index contributed by atoms with van der Waals surface area (Å²) in [5.74, 6) is -0.850. The van der Waals surface area contributed by atoms with Crippen LogP contribution in [0.25, 0.3) is 0 Å². The summed E-state index contributed by atoms with van der Waals surface area (Å²) in [5.41, 5.74) is 0.628. The number of imidazole rings is 1. The maximum Gasteiger partial charge on any atom is 0.340 e. The predicted octanol–water partition coefficient (Wildman–Crippen LogP) is 2.42. The van der Waals surface area contributed by atoms with E-state index in [2.05, 4.69) is 48.9 Å². The van der Waals surface area contributed by atoms with Crippen molar-refractivity contribution in [1.29, 1.82) is 0 Å². The quantitative estimate of drug-likeness (QED) is 0.458. The average molecular weight is 370 g/mol. The second kappa shape index (κ2) is 8.34. The van der Waals surface area contributed by atoms with E-state index in [9.17, 15) is 9.59 Å². The fraction of sp³-hybridized carbons (Fsp3) is 0. The van der Waals surface area contributed by atoms with Crippen molar-refractivity contribution in [3.8, 4) is 0 Å². The third-order valence-corrected chi connectivity index (χ3v) is 2.86. The van der Waals surface area contributed by atoms with Crippen LogP contribution in [0.2, 0.25) is 0 Å². The van der Waals surface area contributed by atoms with E-state index < -0.39 is 11.9 Å². The summed E-state index contributed by atoms with van der Waals surface area (Å²) in [6.45, 7) is 7.09. The summed E-state index contributed by atoms with van der Waals surface area (Å²) in [7, 11) is 1.86. The number of nitrogens with zero attached hydrogens (tertiary/aromatic N) is 1. The molecule has 1 heterocycles. The van der Waals surface area contributed by atoms with Crippen molar-refractivity contribution in [3.63, 3.8) is 0 Å². The van der Waals surface area contributed by atoms with Crippen molar-refractivity contribution in [2.75, 3.05) is 0 Å². The first-order chi connectivity index (χ1) is 10.0. The van der Waals surface area contributed by atoms with Gasteiger partial charge in [-0.3, -0.25) is 4.79 Å². The molecule has 1 aromatic heterocycles. The normalized spacial score (nSPS) is 11.7. The number of rotatable bonds is 6. The van der Waals surface area contributed by atoms with Crippen LogP contribution < -0.4 is 5.32 Å². The highest BCUT2D eigenvalue weighted by atomic mass is 79.9. The standard InChI is InChI=1S/C13H13BrN3O3P/c1-3-8(13(19)20-21)5-6-9(4-2)16-12(18)11-15-7-10(14)17-11/h3-7H,1-2,21H2,(H,15,17)(H,16,18)/b8-5+,9-6+. The lowest BCUT2D eigenvalue weighted by molar-refractivity contribution is -0.128. The number of nitrogens with one attached hydrogen (secondary N) is 2. The molecule has 0 aromatic carbocycles. The molecular weight excluding hydrogens is 357 g/mol. The number of H-pyrrole nitrogens is 1. The number of aromatic amines is 1. The fourth-order valence-corrected chi connectivity index (χ4v) is 1.66. The molecule has 0 spiro atoms. The molecule has 1 atom stereocenters.